The van der Waals surface area contributed by atoms with E-state index in [1.165, 1.54) is 7.11 Å². The quantitative estimate of drug-likeness (QED) is 0.634. The number of esters is 1. The number of methoxy groups -OCH3 is 2. The van der Waals surface area contributed by atoms with E-state index in [2.05, 4.69) is 15.6 Å². The number of carbonyl (C=O) groups excluding carboxylic acids is 2. The zero-order valence-corrected chi connectivity index (χ0v) is 15.4. The van der Waals surface area contributed by atoms with Gasteiger partial charge >= 0.3 is 5.97 Å². The Bertz CT molecular complexity index is 970. The molecule has 2 N–H and O–H groups in total. The summed E-state index contributed by atoms with van der Waals surface area (Å²) in [6, 6.07) is 17.2. The van der Waals surface area contributed by atoms with Gasteiger partial charge in [-0.05, 0) is 48.5 Å². The third-order valence-electron chi connectivity index (χ3n) is 3.97. The maximum absolute atomic E-state index is 12.3. The van der Waals surface area contributed by atoms with Gasteiger partial charge in [-0.2, -0.15) is 0 Å². The summed E-state index contributed by atoms with van der Waals surface area (Å²) in [5.41, 5.74) is 2.18. The van der Waals surface area contributed by atoms with Crippen LogP contribution in [0.2, 0.25) is 0 Å². The Morgan fingerprint density at radius 1 is 0.929 bits per heavy atom. The van der Waals surface area contributed by atoms with Gasteiger partial charge in [-0.15, -0.1) is 0 Å². The highest BCUT2D eigenvalue weighted by atomic mass is 16.5. The molecule has 0 fully saturated rings. The third kappa shape index (κ3) is 4.45. The Morgan fingerprint density at radius 3 is 2.32 bits per heavy atom. The van der Waals surface area contributed by atoms with Crippen LogP contribution in [0.4, 0.5) is 17.2 Å². The van der Waals surface area contributed by atoms with E-state index < -0.39 is 5.97 Å². The van der Waals surface area contributed by atoms with Crippen molar-refractivity contribution in [1.29, 1.82) is 0 Å². The van der Waals surface area contributed by atoms with Crippen LogP contribution >= 0.6 is 0 Å². The fourth-order valence-corrected chi connectivity index (χ4v) is 2.51. The molecule has 1 amide bonds. The number of amides is 1. The Balaban J connectivity index is 1.68. The van der Waals surface area contributed by atoms with E-state index in [1.54, 1.807) is 67.9 Å². The minimum absolute atomic E-state index is 0.271. The molecule has 0 spiro atoms. The number of aromatic nitrogens is 1. The molecular weight excluding hydrogens is 358 g/mol. The summed E-state index contributed by atoms with van der Waals surface area (Å²) >= 11 is 0. The van der Waals surface area contributed by atoms with Crippen LogP contribution in [0.3, 0.4) is 0 Å². The monoisotopic (exact) mass is 377 g/mol. The van der Waals surface area contributed by atoms with Crippen molar-refractivity contribution >= 4 is 29.1 Å². The van der Waals surface area contributed by atoms with Gasteiger partial charge in [0.2, 0.25) is 0 Å². The maximum Gasteiger partial charge on any atom is 0.339 e. The first-order chi connectivity index (χ1) is 13.6. The van der Waals surface area contributed by atoms with Crippen molar-refractivity contribution in [3.05, 3.63) is 78.0 Å². The second kappa shape index (κ2) is 8.68. The lowest BCUT2D eigenvalue weighted by Crippen LogP contribution is -2.12. The Kier molecular flexibility index (Phi) is 5.86. The number of nitrogens with zero attached hydrogens (tertiary/aromatic N) is 1. The highest BCUT2D eigenvalue weighted by Crippen LogP contribution is 2.22. The van der Waals surface area contributed by atoms with Crippen molar-refractivity contribution in [2.75, 3.05) is 24.9 Å². The van der Waals surface area contributed by atoms with E-state index in [0.717, 1.165) is 0 Å². The van der Waals surface area contributed by atoms with Crippen LogP contribution < -0.4 is 15.4 Å². The fourth-order valence-electron chi connectivity index (χ4n) is 2.51. The van der Waals surface area contributed by atoms with Gasteiger partial charge in [0.05, 0.1) is 37.4 Å². The minimum Gasteiger partial charge on any atom is -0.497 e. The van der Waals surface area contributed by atoms with E-state index in [0.29, 0.717) is 34.1 Å². The van der Waals surface area contributed by atoms with Gasteiger partial charge < -0.3 is 20.1 Å². The molecule has 0 aliphatic rings. The number of carbonyl (C=O) groups is 2. The summed E-state index contributed by atoms with van der Waals surface area (Å²) in [5.74, 6) is 0.385. The molecule has 1 aromatic heterocycles. The lowest BCUT2D eigenvalue weighted by Gasteiger charge is -2.11. The van der Waals surface area contributed by atoms with Gasteiger partial charge in [0.25, 0.3) is 5.91 Å². The summed E-state index contributed by atoms with van der Waals surface area (Å²) in [6.07, 6.45) is 1.57. The van der Waals surface area contributed by atoms with E-state index in [1.807, 2.05) is 6.07 Å². The molecule has 0 atom stereocenters. The molecule has 3 aromatic rings. The molecule has 7 heteroatoms. The molecule has 0 unspecified atom stereocenters. The molecule has 7 nitrogen and oxygen atoms in total. The van der Waals surface area contributed by atoms with Crippen molar-refractivity contribution in [3.8, 4) is 5.75 Å². The molecule has 0 aliphatic heterocycles. The number of rotatable bonds is 6. The summed E-state index contributed by atoms with van der Waals surface area (Å²) < 4.78 is 9.86. The average Bonchev–Trinajstić information content (AvgIpc) is 2.75. The van der Waals surface area contributed by atoms with Gasteiger partial charge in [-0.3, -0.25) is 4.79 Å². The lowest BCUT2D eigenvalue weighted by molar-refractivity contribution is 0.0601. The Labute approximate surface area is 162 Å². The Hall–Kier alpha value is -3.87. The topological polar surface area (TPSA) is 89.6 Å². The van der Waals surface area contributed by atoms with Crippen LogP contribution in [-0.2, 0) is 4.74 Å². The summed E-state index contributed by atoms with van der Waals surface area (Å²) in [5, 5.41) is 5.86. The van der Waals surface area contributed by atoms with Crippen LogP contribution in [0, 0.1) is 0 Å². The van der Waals surface area contributed by atoms with E-state index in [4.69, 9.17) is 9.47 Å². The predicted molar refractivity (Wildman–Crippen MR) is 106 cm³/mol. The Morgan fingerprint density at radius 2 is 1.68 bits per heavy atom. The molecule has 28 heavy (non-hydrogen) atoms. The summed E-state index contributed by atoms with van der Waals surface area (Å²) in [7, 11) is 2.90. The highest BCUT2D eigenvalue weighted by Gasteiger charge is 2.11. The van der Waals surface area contributed by atoms with Crippen molar-refractivity contribution in [2.24, 2.45) is 0 Å². The van der Waals surface area contributed by atoms with Crippen molar-refractivity contribution in [2.45, 2.75) is 0 Å². The van der Waals surface area contributed by atoms with Crippen LogP contribution in [0.15, 0.2) is 66.9 Å². The standard InChI is InChI=1S/C21H19N3O4/c1-27-16-10-7-14(8-11-16)20(25)24-19-12-9-15(13-22-19)23-18-6-4-3-5-17(18)21(26)28-2/h3-13,23H,1-2H3,(H,22,24,25). The third-order valence-corrected chi connectivity index (χ3v) is 3.97. The molecular formula is C21H19N3O4. The first-order valence-corrected chi connectivity index (χ1v) is 8.46. The fraction of sp³-hybridized carbons (Fsp3) is 0.0952. The molecule has 2 aromatic carbocycles. The summed E-state index contributed by atoms with van der Waals surface area (Å²) in [6.45, 7) is 0. The number of nitrogens with one attached hydrogen (secondary N) is 2. The molecule has 1 heterocycles. The number of benzene rings is 2. The normalized spacial score (nSPS) is 10.1. The largest absolute Gasteiger partial charge is 0.497 e. The molecule has 3 rings (SSSR count). The van der Waals surface area contributed by atoms with E-state index >= 15 is 0 Å². The zero-order valence-electron chi connectivity index (χ0n) is 15.4. The number of hydrogen-bond acceptors (Lipinski definition) is 6. The van der Waals surface area contributed by atoms with Crippen molar-refractivity contribution in [1.82, 2.24) is 4.98 Å². The van der Waals surface area contributed by atoms with Crippen molar-refractivity contribution < 1.29 is 19.1 Å². The second-order valence-corrected chi connectivity index (χ2v) is 5.78. The molecule has 0 radical (unpaired) electrons. The van der Waals surface area contributed by atoms with Crippen LogP contribution in [0.25, 0.3) is 0 Å². The van der Waals surface area contributed by atoms with Gasteiger partial charge in [0, 0.05) is 5.56 Å². The first-order valence-electron chi connectivity index (χ1n) is 8.46. The van der Waals surface area contributed by atoms with Gasteiger partial charge in [-0.1, -0.05) is 12.1 Å². The molecule has 142 valence electrons. The number of anilines is 3. The summed E-state index contributed by atoms with van der Waals surface area (Å²) in [4.78, 5) is 28.4. The molecule has 0 aliphatic carbocycles. The average molecular weight is 377 g/mol. The number of ether oxygens (including phenoxy) is 2. The molecule has 0 bridgehead atoms. The highest BCUT2D eigenvalue weighted by molar-refractivity contribution is 6.03. The minimum atomic E-state index is -0.431. The smallest absolute Gasteiger partial charge is 0.339 e. The predicted octanol–water partition coefficient (Wildman–Crippen LogP) is 3.87. The second-order valence-electron chi connectivity index (χ2n) is 5.78. The van der Waals surface area contributed by atoms with Gasteiger partial charge in [0.15, 0.2) is 0 Å². The molecule has 0 saturated carbocycles. The maximum atomic E-state index is 12.3. The van der Waals surface area contributed by atoms with Crippen LogP contribution in [0.5, 0.6) is 5.75 Å². The van der Waals surface area contributed by atoms with Crippen molar-refractivity contribution in [3.63, 3.8) is 0 Å². The number of hydrogen-bond donors (Lipinski definition) is 2. The molecule has 0 saturated heterocycles. The van der Waals surface area contributed by atoms with E-state index in [-0.39, 0.29) is 5.91 Å². The SMILES string of the molecule is COC(=O)c1ccccc1Nc1ccc(NC(=O)c2ccc(OC)cc2)nc1. The van der Waals surface area contributed by atoms with E-state index in [9.17, 15) is 9.59 Å². The first kappa shape index (κ1) is 18.9. The van der Waals surface area contributed by atoms with Crippen LogP contribution in [0.1, 0.15) is 20.7 Å². The van der Waals surface area contributed by atoms with Gasteiger partial charge in [-0.25, -0.2) is 9.78 Å². The lowest BCUT2D eigenvalue weighted by atomic mass is 10.1. The van der Waals surface area contributed by atoms with Gasteiger partial charge in [0.1, 0.15) is 11.6 Å². The zero-order chi connectivity index (χ0) is 19.9. The van der Waals surface area contributed by atoms with Crippen LogP contribution in [-0.4, -0.2) is 31.1 Å². The number of pyridine rings is 1. The number of para-hydroxylation sites is 1.